The molecule has 3 heterocycles. The van der Waals surface area contributed by atoms with Crippen LogP contribution in [-0.4, -0.2) is 50.6 Å². The lowest BCUT2D eigenvalue weighted by Gasteiger charge is -2.33. The number of alkyl halides is 2. The highest BCUT2D eigenvalue weighted by Crippen LogP contribution is 2.57. The van der Waals surface area contributed by atoms with Gasteiger partial charge in [-0.05, 0) is 26.0 Å². The molecule has 0 bridgehead atoms. The molecule has 5 rings (SSSR count). The van der Waals surface area contributed by atoms with Crippen LogP contribution in [0.4, 0.5) is 18.9 Å². The van der Waals surface area contributed by atoms with Crippen molar-refractivity contribution in [1.82, 2.24) is 18.9 Å². The van der Waals surface area contributed by atoms with Crippen LogP contribution in [0, 0.1) is 5.82 Å². The van der Waals surface area contributed by atoms with E-state index in [1.54, 1.807) is 23.1 Å². The average molecular weight is 461 g/mol. The number of ether oxygens (including phenoxy) is 1. The molecule has 7 nitrogen and oxygen atoms in total. The lowest BCUT2D eigenvalue weighted by molar-refractivity contribution is 0.0532. The van der Waals surface area contributed by atoms with Crippen molar-refractivity contribution in [1.29, 1.82) is 0 Å². The van der Waals surface area contributed by atoms with Gasteiger partial charge in [0.05, 0.1) is 37.1 Å². The number of rotatable bonds is 6. The average Bonchev–Trinajstić information content (AvgIpc) is 3.10. The zero-order chi connectivity index (χ0) is 23.3. The molecule has 1 aliphatic heterocycles. The highest BCUT2D eigenvalue weighted by atomic mass is 19.3. The van der Waals surface area contributed by atoms with Gasteiger partial charge in [0.15, 0.2) is 5.82 Å². The second kappa shape index (κ2) is 8.09. The molecule has 1 saturated carbocycles. The lowest BCUT2D eigenvalue weighted by atomic mass is 10.1. The second-order valence-electron chi connectivity index (χ2n) is 8.80. The van der Waals surface area contributed by atoms with Crippen LogP contribution >= 0.6 is 0 Å². The van der Waals surface area contributed by atoms with E-state index in [0.29, 0.717) is 31.9 Å². The number of anilines is 1. The van der Waals surface area contributed by atoms with E-state index in [-0.39, 0.29) is 30.3 Å². The van der Waals surface area contributed by atoms with Crippen LogP contribution in [0.15, 0.2) is 41.7 Å². The number of morpholine rings is 1. The van der Waals surface area contributed by atoms with E-state index >= 15 is 4.39 Å². The standard InChI is InChI=1S/C23H26F3N5O2/c1-3-30-14-16(11-27-30)13-29-4-5-31(22(29)32)20-9-17(28-6-7-33-15(2)12-28)8-18(21(20)24)19-10-23(19,25)26/h4-5,8-9,11,14-15,19H,3,6-7,10,12-13H2,1-2H3/t15-,19?/m1/s1. The lowest BCUT2D eigenvalue weighted by Crippen LogP contribution is -2.41. The van der Waals surface area contributed by atoms with Crippen LogP contribution in [-0.2, 0) is 17.8 Å². The third kappa shape index (κ3) is 4.07. The fourth-order valence-corrected chi connectivity index (χ4v) is 4.41. The third-order valence-corrected chi connectivity index (χ3v) is 6.34. The van der Waals surface area contributed by atoms with Gasteiger partial charge in [-0.2, -0.15) is 5.10 Å². The van der Waals surface area contributed by atoms with Crippen molar-refractivity contribution in [2.45, 2.75) is 51.3 Å². The van der Waals surface area contributed by atoms with Gasteiger partial charge in [-0.1, -0.05) is 0 Å². The predicted molar refractivity (Wildman–Crippen MR) is 117 cm³/mol. The molecule has 2 aliphatic rings. The molecule has 2 fully saturated rings. The van der Waals surface area contributed by atoms with E-state index in [9.17, 15) is 13.6 Å². The van der Waals surface area contributed by atoms with Gasteiger partial charge in [-0.15, -0.1) is 0 Å². The summed E-state index contributed by atoms with van der Waals surface area (Å²) in [5.41, 5.74) is 0.946. The molecule has 1 unspecified atom stereocenters. The van der Waals surface area contributed by atoms with Crippen LogP contribution in [0.1, 0.15) is 37.3 Å². The van der Waals surface area contributed by atoms with Gasteiger partial charge in [0.25, 0.3) is 5.92 Å². The third-order valence-electron chi connectivity index (χ3n) is 6.34. The summed E-state index contributed by atoms with van der Waals surface area (Å²) >= 11 is 0. The molecule has 0 spiro atoms. The van der Waals surface area contributed by atoms with Crippen LogP contribution in [0.25, 0.3) is 5.69 Å². The molecule has 0 radical (unpaired) electrons. The maximum atomic E-state index is 15.5. The Bertz CT molecular complexity index is 1230. The molecule has 1 aliphatic carbocycles. The van der Waals surface area contributed by atoms with Crippen molar-refractivity contribution in [3.63, 3.8) is 0 Å². The topological polar surface area (TPSA) is 57.2 Å². The van der Waals surface area contributed by atoms with Crippen molar-refractivity contribution >= 4 is 5.69 Å². The summed E-state index contributed by atoms with van der Waals surface area (Å²) < 4.78 is 53.3. The Balaban J connectivity index is 1.54. The second-order valence-corrected chi connectivity index (χ2v) is 8.80. The maximum absolute atomic E-state index is 15.5. The molecule has 10 heteroatoms. The molecule has 1 aromatic carbocycles. The van der Waals surface area contributed by atoms with Gasteiger partial charge < -0.3 is 9.64 Å². The molecule has 3 aromatic rings. The molecule has 33 heavy (non-hydrogen) atoms. The Kier molecular flexibility index (Phi) is 5.35. The summed E-state index contributed by atoms with van der Waals surface area (Å²) in [6.07, 6.45) is 6.15. The number of halogens is 3. The first-order valence-electron chi connectivity index (χ1n) is 11.1. The Labute approximate surface area is 189 Å². The number of aromatic nitrogens is 4. The molecular weight excluding hydrogens is 435 g/mol. The van der Waals surface area contributed by atoms with E-state index < -0.39 is 23.3 Å². The number of benzene rings is 1. The van der Waals surface area contributed by atoms with Gasteiger partial charge in [0.2, 0.25) is 0 Å². The highest BCUT2D eigenvalue weighted by molar-refractivity contribution is 5.59. The first-order chi connectivity index (χ1) is 15.8. The zero-order valence-electron chi connectivity index (χ0n) is 18.5. The summed E-state index contributed by atoms with van der Waals surface area (Å²) in [5.74, 6) is -4.88. The SMILES string of the molecule is CCn1cc(Cn2ccn(-c3cc(N4CCO[C@H](C)C4)cc(C4CC4(F)F)c3F)c2=O)cn1. The fourth-order valence-electron chi connectivity index (χ4n) is 4.41. The minimum absolute atomic E-state index is 0.0163. The summed E-state index contributed by atoms with van der Waals surface area (Å²) in [5, 5.41) is 4.21. The summed E-state index contributed by atoms with van der Waals surface area (Å²) in [6.45, 7) is 6.49. The van der Waals surface area contributed by atoms with Crippen LogP contribution < -0.4 is 10.6 Å². The quantitative estimate of drug-likeness (QED) is 0.565. The Morgan fingerprint density at radius 1 is 1.27 bits per heavy atom. The van der Waals surface area contributed by atoms with Gasteiger partial charge in [0, 0.05) is 61.5 Å². The number of imidazole rings is 1. The highest BCUT2D eigenvalue weighted by Gasteiger charge is 2.58. The van der Waals surface area contributed by atoms with Gasteiger partial charge in [-0.3, -0.25) is 13.8 Å². The molecule has 176 valence electrons. The Hall–Kier alpha value is -3.01. The van der Waals surface area contributed by atoms with Crippen LogP contribution in [0.5, 0.6) is 0 Å². The van der Waals surface area contributed by atoms with E-state index in [2.05, 4.69) is 5.10 Å². The molecule has 0 amide bonds. The van der Waals surface area contributed by atoms with Gasteiger partial charge in [0.1, 0.15) is 0 Å². The number of hydrogen-bond donors (Lipinski definition) is 0. The van der Waals surface area contributed by atoms with Crippen molar-refractivity contribution in [2.75, 3.05) is 24.6 Å². The van der Waals surface area contributed by atoms with Crippen LogP contribution in [0.3, 0.4) is 0 Å². The van der Waals surface area contributed by atoms with E-state index in [0.717, 1.165) is 5.56 Å². The van der Waals surface area contributed by atoms with Gasteiger partial charge >= 0.3 is 5.69 Å². The smallest absolute Gasteiger partial charge is 0.333 e. The van der Waals surface area contributed by atoms with Gasteiger partial charge in [-0.25, -0.2) is 18.0 Å². The molecule has 1 saturated heterocycles. The van der Waals surface area contributed by atoms with E-state index in [1.165, 1.54) is 21.4 Å². The first-order valence-corrected chi connectivity index (χ1v) is 11.1. The normalized spacial score (nSPS) is 22.0. The number of aryl methyl sites for hydroxylation is 1. The predicted octanol–water partition coefficient (Wildman–Crippen LogP) is 3.39. The Morgan fingerprint density at radius 3 is 2.73 bits per heavy atom. The van der Waals surface area contributed by atoms with E-state index in [1.807, 2.05) is 24.9 Å². The number of hydrogen-bond acceptors (Lipinski definition) is 4. The maximum Gasteiger partial charge on any atom is 0.333 e. The summed E-state index contributed by atoms with van der Waals surface area (Å²) in [4.78, 5) is 15.1. The molecule has 2 atom stereocenters. The van der Waals surface area contributed by atoms with Crippen molar-refractivity contribution < 1.29 is 17.9 Å². The van der Waals surface area contributed by atoms with E-state index in [4.69, 9.17) is 4.74 Å². The summed E-state index contributed by atoms with van der Waals surface area (Å²) in [7, 11) is 0. The van der Waals surface area contributed by atoms with Crippen molar-refractivity contribution in [3.8, 4) is 5.69 Å². The largest absolute Gasteiger partial charge is 0.375 e. The first kappa shape index (κ1) is 21.8. The summed E-state index contributed by atoms with van der Waals surface area (Å²) in [6, 6.07) is 3.07. The molecule has 2 aromatic heterocycles. The molecule has 0 N–H and O–H groups in total. The fraction of sp³-hybridized carbons (Fsp3) is 0.478. The molecular formula is C23H26F3N5O2. The zero-order valence-corrected chi connectivity index (χ0v) is 18.5. The van der Waals surface area contributed by atoms with Crippen LogP contribution in [0.2, 0.25) is 0 Å². The van der Waals surface area contributed by atoms with Crippen molar-refractivity contribution in [3.05, 3.63) is 64.3 Å². The number of nitrogens with zero attached hydrogens (tertiary/aromatic N) is 5. The minimum atomic E-state index is -2.93. The van der Waals surface area contributed by atoms with Crippen molar-refractivity contribution in [2.24, 2.45) is 0 Å². The Morgan fingerprint density at radius 2 is 2.06 bits per heavy atom. The minimum Gasteiger partial charge on any atom is -0.375 e. The monoisotopic (exact) mass is 461 g/mol.